The molecule has 2 heteroatoms. The molecule has 0 radical (unpaired) electrons. The van der Waals surface area contributed by atoms with Crippen LogP contribution in [0.5, 0.6) is 5.75 Å². The van der Waals surface area contributed by atoms with E-state index in [9.17, 15) is 0 Å². The lowest BCUT2D eigenvalue weighted by molar-refractivity contribution is 0.340. The van der Waals surface area contributed by atoms with Crippen LogP contribution in [0, 0.1) is 11.3 Å². The second-order valence-electron chi connectivity index (χ2n) is 3.32. The molecule has 0 aliphatic heterocycles. The van der Waals surface area contributed by atoms with Gasteiger partial charge in [-0.25, -0.2) is 0 Å². The number of nitrogens with zero attached hydrogens (tertiary/aromatic N) is 1. The number of hydrogen-bond donors (Lipinski definition) is 0. The Hall–Kier alpha value is -1.75. The summed E-state index contributed by atoms with van der Waals surface area (Å²) in [5, 5.41) is 8.96. The van der Waals surface area contributed by atoms with Gasteiger partial charge in [0.1, 0.15) is 5.75 Å². The minimum atomic E-state index is 0.167. The van der Waals surface area contributed by atoms with Gasteiger partial charge < -0.3 is 4.74 Å². The molecule has 0 saturated carbocycles. The van der Waals surface area contributed by atoms with Crippen molar-refractivity contribution in [1.82, 2.24) is 0 Å². The van der Waals surface area contributed by atoms with Gasteiger partial charge in [-0.15, -0.1) is 6.58 Å². The van der Waals surface area contributed by atoms with Gasteiger partial charge in [-0.2, -0.15) is 5.26 Å². The Bertz CT molecular complexity index is 390. The molecule has 0 aromatic heterocycles. The average Bonchev–Trinajstić information content (AvgIpc) is 2.28. The summed E-state index contributed by atoms with van der Waals surface area (Å²) in [7, 11) is 0. The molecule has 0 spiro atoms. The molecule has 0 fully saturated rings. The largest absolute Gasteiger partial charge is 0.494 e. The molecule has 1 unspecified atom stereocenters. The van der Waals surface area contributed by atoms with Crippen LogP contribution in [0.2, 0.25) is 0 Å². The monoisotopic (exact) mass is 201 g/mol. The third-order valence-corrected chi connectivity index (χ3v) is 2.30. The molecule has 0 amide bonds. The predicted octanol–water partition coefficient (Wildman–Crippen LogP) is 3.25. The fraction of sp³-hybridized carbons (Fsp3) is 0.308. The molecule has 1 aromatic carbocycles. The fourth-order valence-corrected chi connectivity index (χ4v) is 1.40. The molecular formula is C13H15NO. The maximum Gasteiger partial charge on any atom is 0.119 e. The van der Waals surface area contributed by atoms with Gasteiger partial charge in [0.2, 0.25) is 0 Å². The van der Waals surface area contributed by atoms with Crippen LogP contribution in [0.1, 0.15) is 30.9 Å². The number of nitriles is 1. The van der Waals surface area contributed by atoms with Gasteiger partial charge in [-0.3, -0.25) is 0 Å². The molecule has 0 aliphatic rings. The lowest BCUT2D eigenvalue weighted by Crippen LogP contribution is -1.97. The summed E-state index contributed by atoms with van der Waals surface area (Å²) < 4.78 is 5.40. The smallest absolute Gasteiger partial charge is 0.119 e. The van der Waals surface area contributed by atoms with Crippen LogP contribution >= 0.6 is 0 Å². The van der Waals surface area contributed by atoms with Crippen LogP contribution in [-0.2, 0) is 0 Å². The maximum absolute atomic E-state index is 8.96. The van der Waals surface area contributed by atoms with E-state index in [0.29, 0.717) is 12.2 Å². The Kier molecular flexibility index (Phi) is 3.93. The van der Waals surface area contributed by atoms with E-state index in [4.69, 9.17) is 10.00 Å². The third-order valence-electron chi connectivity index (χ3n) is 2.30. The maximum atomic E-state index is 8.96. The zero-order valence-electron chi connectivity index (χ0n) is 9.16. The van der Waals surface area contributed by atoms with E-state index in [2.05, 4.69) is 12.6 Å². The normalized spacial score (nSPS) is 11.5. The second-order valence-corrected chi connectivity index (χ2v) is 3.32. The molecule has 1 aromatic rings. The van der Waals surface area contributed by atoms with Gasteiger partial charge in [0, 0.05) is 5.92 Å². The van der Waals surface area contributed by atoms with Crippen LogP contribution in [0.15, 0.2) is 30.9 Å². The summed E-state index contributed by atoms with van der Waals surface area (Å²) in [6.45, 7) is 8.32. The van der Waals surface area contributed by atoms with E-state index < -0.39 is 0 Å². The summed E-state index contributed by atoms with van der Waals surface area (Å²) in [5.74, 6) is 0.972. The molecule has 1 atom stereocenters. The Morgan fingerprint density at radius 1 is 1.60 bits per heavy atom. The predicted molar refractivity (Wildman–Crippen MR) is 60.9 cm³/mol. The van der Waals surface area contributed by atoms with Gasteiger partial charge in [0.05, 0.1) is 18.2 Å². The number of ether oxygens (including phenoxy) is 1. The number of hydrogen-bond acceptors (Lipinski definition) is 2. The summed E-state index contributed by atoms with van der Waals surface area (Å²) >= 11 is 0. The van der Waals surface area contributed by atoms with E-state index in [1.165, 1.54) is 0 Å². The van der Waals surface area contributed by atoms with E-state index in [0.717, 1.165) is 11.3 Å². The molecule has 0 aliphatic carbocycles. The first-order valence-corrected chi connectivity index (χ1v) is 5.02. The van der Waals surface area contributed by atoms with Crippen molar-refractivity contribution in [3.63, 3.8) is 0 Å². The summed E-state index contributed by atoms with van der Waals surface area (Å²) in [6.07, 6.45) is 1.83. The highest BCUT2D eigenvalue weighted by Crippen LogP contribution is 2.25. The van der Waals surface area contributed by atoms with Crippen molar-refractivity contribution in [3.8, 4) is 11.8 Å². The van der Waals surface area contributed by atoms with Gasteiger partial charge in [0.15, 0.2) is 0 Å². The minimum absolute atomic E-state index is 0.167. The Labute approximate surface area is 90.8 Å². The van der Waals surface area contributed by atoms with Crippen LogP contribution in [-0.4, -0.2) is 6.61 Å². The SMILES string of the molecule is C=CC(C)c1cc(OCC)ccc1C#N. The van der Waals surface area contributed by atoms with E-state index in [1.807, 2.05) is 32.1 Å². The topological polar surface area (TPSA) is 33.0 Å². The highest BCUT2D eigenvalue weighted by molar-refractivity contribution is 5.45. The van der Waals surface area contributed by atoms with E-state index >= 15 is 0 Å². The Morgan fingerprint density at radius 2 is 2.33 bits per heavy atom. The van der Waals surface area contributed by atoms with Gasteiger partial charge >= 0.3 is 0 Å². The summed E-state index contributed by atoms with van der Waals surface area (Å²) in [5.41, 5.74) is 1.66. The van der Waals surface area contributed by atoms with E-state index in [1.54, 1.807) is 6.07 Å². The zero-order valence-corrected chi connectivity index (χ0v) is 9.16. The molecular weight excluding hydrogens is 186 g/mol. The summed E-state index contributed by atoms with van der Waals surface area (Å²) in [6, 6.07) is 7.70. The highest BCUT2D eigenvalue weighted by atomic mass is 16.5. The van der Waals surface area contributed by atoms with Crippen molar-refractivity contribution >= 4 is 0 Å². The first-order valence-electron chi connectivity index (χ1n) is 5.02. The number of rotatable bonds is 4. The van der Waals surface area contributed by atoms with Crippen molar-refractivity contribution in [2.24, 2.45) is 0 Å². The molecule has 0 heterocycles. The Morgan fingerprint density at radius 3 is 2.87 bits per heavy atom. The van der Waals surface area contributed by atoms with Crippen molar-refractivity contribution in [2.45, 2.75) is 19.8 Å². The lowest BCUT2D eigenvalue weighted by Gasteiger charge is -2.11. The number of benzene rings is 1. The molecule has 0 N–H and O–H groups in total. The summed E-state index contributed by atoms with van der Waals surface area (Å²) in [4.78, 5) is 0. The van der Waals surface area contributed by atoms with Crippen molar-refractivity contribution in [3.05, 3.63) is 42.0 Å². The highest BCUT2D eigenvalue weighted by Gasteiger charge is 2.08. The first kappa shape index (κ1) is 11.3. The first-order chi connectivity index (χ1) is 7.22. The second kappa shape index (κ2) is 5.21. The van der Waals surface area contributed by atoms with Crippen molar-refractivity contribution in [2.75, 3.05) is 6.61 Å². The lowest BCUT2D eigenvalue weighted by atomic mass is 9.96. The van der Waals surface area contributed by atoms with Crippen LogP contribution in [0.25, 0.3) is 0 Å². The van der Waals surface area contributed by atoms with E-state index in [-0.39, 0.29) is 5.92 Å². The molecule has 78 valence electrons. The average molecular weight is 201 g/mol. The standard InChI is InChI=1S/C13H15NO/c1-4-10(3)13-8-12(15-5-2)7-6-11(13)9-14/h4,6-8,10H,1,5H2,2-3H3. The van der Waals surface area contributed by atoms with Gasteiger partial charge in [-0.1, -0.05) is 13.0 Å². The minimum Gasteiger partial charge on any atom is -0.494 e. The molecule has 15 heavy (non-hydrogen) atoms. The van der Waals surface area contributed by atoms with Crippen LogP contribution < -0.4 is 4.74 Å². The van der Waals surface area contributed by atoms with Gasteiger partial charge in [-0.05, 0) is 30.7 Å². The molecule has 0 saturated heterocycles. The quantitative estimate of drug-likeness (QED) is 0.700. The van der Waals surface area contributed by atoms with Crippen LogP contribution in [0.4, 0.5) is 0 Å². The van der Waals surface area contributed by atoms with Crippen LogP contribution in [0.3, 0.4) is 0 Å². The molecule has 0 bridgehead atoms. The van der Waals surface area contributed by atoms with Crippen molar-refractivity contribution in [1.29, 1.82) is 5.26 Å². The zero-order chi connectivity index (χ0) is 11.3. The molecule has 2 nitrogen and oxygen atoms in total. The fourth-order valence-electron chi connectivity index (χ4n) is 1.40. The Balaban J connectivity index is 3.14. The molecule has 1 rings (SSSR count). The number of allylic oxidation sites excluding steroid dienone is 1. The van der Waals surface area contributed by atoms with Crippen molar-refractivity contribution < 1.29 is 4.74 Å². The van der Waals surface area contributed by atoms with Gasteiger partial charge in [0.25, 0.3) is 0 Å². The third kappa shape index (κ3) is 2.60.